The number of rotatable bonds is 3. The lowest BCUT2D eigenvalue weighted by Gasteiger charge is -2.08. The zero-order chi connectivity index (χ0) is 16.3. The first-order valence-corrected chi connectivity index (χ1v) is 7.68. The van der Waals surface area contributed by atoms with Crippen molar-refractivity contribution in [3.8, 4) is 5.75 Å². The zero-order valence-electron chi connectivity index (χ0n) is 11.4. The number of carbonyl (C=O) groups is 2. The van der Waals surface area contributed by atoms with Gasteiger partial charge in [0.1, 0.15) is 5.75 Å². The van der Waals surface area contributed by atoms with E-state index in [1.807, 2.05) is 0 Å². The van der Waals surface area contributed by atoms with E-state index in [9.17, 15) is 14.7 Å². The fourth-order valence-electron chi connectivity index (χ4n) is 1.72. The van der Waals surface area contributed by atoms with Gasteiger partial charge in [0.15, 0.2) is 0 Å². The van der Waals surface area contributed by atoms with Gasteiger partial charge in [-0.25, -0.2) is 4.79 Å². The molecule has 0 heterocycles. The summed E-state index contributed by atoms with van der Waals surface area (Å²) in [5, 5.41) is 12.3. The van der Waals surface area contributed by atoms with E-state index in [0.717, 1.165) is 0 Å². The third-order valence-corrected chi connectivity index (χ3v) is 4.05. The van der Waals surface area contributed by atoms with Crippen LogP contribution in [0.4, 0.5) is 5.69 Å². The Hall–Kier alpha value is -1.86. The van der Waals surface area contributed by atoms with Crippen LogP contribution in [0.15, 0.2) is 45.3 Å². The first-order chi connectivity index (χ1) is 10.4. The third kappa shape index (κ3) is 3.66. The molecule has 2 aromatic rings. The summed E-state index contributed by atoms with van der Waals surface area (Å²) in [5.74, 6) is -0.736. The summed E-state index contributed by atoms with van der Waals surface area (Å²) in [7, 11) is 1.30. The van der Waals surface area contributed by atoms with Gasteiger partial charge in [-0.1, -0.05) is 0 Å². The summed E-state index contributed by atoms with van der Waals surface area (Å²) < 4.78 is 5.51. The second kappa shape index (κ2) is 6.93. The Morgan fingerprint density at radius 3 is 2.05 bits per heavy atom. The number of nitrogens with one attached hydrogen (secondary N) is 1. The highest BCUT2D eigenvalue weighted by molar-refractivity contribution is 9.11. The van der Waals surface area contributed by atoms with Crippen LogP contribution in [0.3, 0.4) is 0 Å². The van der Waals surface area contributed by atoms with Gasteiger partial charge in [-0.15, -0.1) is 0 Å². The Labute approximate surface area is 143 Å². The molecule has 0 spiro atoms. The van der Waals surface area contributed by atoms with E-state index in [-0.39, 0.29) is 11.7 Å². The average Bonchev–Trinajstić information content (AvgIpc) is 2.51. The lowest BCUT2D eigenvalue weighted by atomic mass is 10.1. The maximum absolute atomic E-state index is 12.2. The van der Waals surface area contributed by atoms with Crippen molar-refractivity contribution < 1.29 is 19.4 Å². The minimum atomic E-state index is -0.460. The Morgan fingerprint density at radius 1 is 1.05 bits per heavy atom. The Balaban J connectivity index is 2.17. The highest BCUT2D eigenvalue weighted by atomic mass is 79.9. The third-order valence-electron chi connectivity index (χ3n) is 2.84. The Bertz CT molecular complexity index is 706. The van der Waals surface area contributed by atoms with Crippen LogP contribution in [0.2, 0.25) is 0 Å². The molecule has 2 N–H and O–H groups in total. The maximum atomic E-state index is 12.2. The van der Waals surface area contributed by atoms with Gasteiger partial charge in [0.2, 0.25) is 0 Å². The van der Waals surface area contributed by atoms with Gasteiger partial charge >= 0.3 is 5.97 Å². The van der Waals surface area contributed by atoms with Crippen LogP contribution < -0.4 is 5.32 Å². The molecule has 0 aliphatic rings. The quantitative estimate of drug-likeness (QED) is 0.573. The highest BCUT2D eigenvalue weighted by Gasteiger charge is 2.11. The maximum Gasteiger partial charge on any atom is 0.337 e. The molecule has 0 saturated heterocycles. The van der Waals surface area contributed by atoms with Crippen LogP contribution in [0, 0.1) is 0 Å². The first-order valence-electron chi connectivity index (χ1n) is 6.10. The van der Waals surface area contributed by atoms with Gasteiger partial charge in [0, 0.05) is 11.3 Å². The van der Waals surface area contributed by atoms with Gasteiger partial charge < -0.3 is 15.2 Å². The molecule has 0 radical (unpaired) electrons. The van der Waals surface area contributed by atoms with Crippen molar-refractivity contribution in [3.63, 3.8) is 0 Å². The summed E-state index contributed by atoms with van der Waals surface area (Å²) in [6.07, 6.45) is 0. The molecule has 0 aromatic heterocycles. The van der Waals surface area contributed by atoms with Crippen molar-refractivity contribution in [1.82, 2.24) is 0 Å². The number of phenolic OH excluding ortho intramolecular Hbond substituents is 1. The van der Waals surface area contributed by atoms with Crippen molar-refractivity contribution in [2.45, 2.75) is 0 Å². The number of esters is 1. The van der Waals surface area contributed by atoms with E-state index >= 15 is 0 Å². The number of anilines is 1. The molecule has 22 heavy (non-hydrogen) atoms. The van der Waals surface area contributed by atoms with Crippen LogP contribution in [-0.2, 0) is 4.74 Å². The van der Waals surface area contributed by atoms with E-state index in [1.165, 1.54) is 31.4 Å². The minimum Gasteiger partial charge on any atom is -0.506 e. The number of phenols is 1. The molecule has 0 saturated carbocycles. The molecular formula is C15H11Br2NO4. The molecule has 0 bridgehead atoms. The van der Waals surface area contributed by atoms with Crippen molar-refractivity contribution >= 4 is 49.4 Å². The lowest BCUT2D eigenvalue weighted by Crippen LogP contribution is -2.12. The molecule has 0 fully saturated rings. The number of methoxy groups -OCH3 is 1. The number of amides is 1. The van der Waals surface area contributed by atoms with Crippen LogP contribution in [0.1, 0.15) is 20.7 Å². The predicted octanol–water partition coefficient (Wildman–Crippen LogP) is 3.96. The fourth-order valence-corrected chi connectivity index (χ4v) is 2.90. The fraction of sp³-hybridized carbons (Fsp3) is 0.0667. The van der Waals surface area contributed by atoms with E-state index < -0.39 is 5.97 Å². The molecule has 0 aliphatic heterocycles. The van der Waals surface area contributed by atoms with Crippen molar-refractivity contribution in [1.29, 1.82) is 0 Å². The van der Waals surface area contributed by atoms with Gasteiger partial charge in [-0.3, -0.25) is 4.79 Å². The molecule has 0 atom stereocenters. The van der Waals surface area contributed by atoms with Crippen molar-refractivity contribution in [2.75, 3.05) is 12.4 Å². The Kier molecular flexibility index (Phi) is 5.20. The minimum absolute atomic E-state index is 0.0560. The standard InChI is InChI=1S/C15H11Br2NO4/c1-22-15(21)9-4-2-8(3-5-9)14(20)18-10-6-11(16)13(19)12(17)7-10/h2-7,19H,1H3,(H,18,20). The smallest absolute Gasteiger partial charge is 0.337 e. The Morgan fingerprint density at radius 2 is 1.55 bits per heavy atom. The van der Waals surface area contributed by atoms with E-state index in [4.69, 9.17) is 0 Å². The number of hydrogen-bond donors (Lipinski definition) is 2. The summed E-state index contributed by atoms with van der Waals surface area (Å²) in [6.45, 7) is 0. The van der Waals surface area contributed by atoms with E-state index in [1.54, 1.807) is 12.1 Å². The van der Waals surface area contributed by atoms with Gasteiger partial charge in [0.25, 0.3) is 5.91 Å². The van der Waals surface area contributed by atoms with Crippen LogP contribution >= 0.6 is 31.9 Å². The number of carbonyl (C=O) groups excluding carboxylic acids is 2. The van der Waals surface area contributed by atoms with Crippen LogP contribution in [0.5, 0.6) is 5.75 Å². The number of hydrogen-bond acceptors (Lipinski definition) is 4. The molecule has 2 rings (SSSR count). The van der Waals surface area contributed by atoms with E-state index in [2.05, 4.69) is 41.9 Å². The van der Waals surface area contributed by atoms with Gasteiger partial charge in [-0.05, 0) is 68.3 Å². The van der Waals surface area contributed by atoms with Gasteiger partial charge in [-0.2, -0.15) is 0 Å². The molecule has 2 aromatic carbocycles. The molecule has 7 heteroatoms. The van der Waals surface area contributed by atoms with E-state index in [0.29, 0.717) is 25.8 Å². The number of ether oxygens (including phenoxy) is 1. The molecule has 114 valence electrons. The summed E-state index contributed by atoms with van der Waals surface area (Å²) in [5.41, 5.74) is 1.28. The zero-order valence-corrected chi connectivity index (χ0v) is 14.6. The first kappa shape index (κ1) is 16.5. The molecular weight excluding hydrogens is 418 g/mol. The molecule has 0 aliphatic carbocycles. The normalized spacial score (nSPS) is 10.1. The molecule has 5 nitrogen and oxygen atoms in total. The van der Waals surface area contributed by atoms with Crippen LogP contribution in [0.25, 0.3) is 0 Å². The summed E-state index contributed by atoms with van der Waals surface area (Å²) in [4.78, 5) is 23.5. The van der Waals surface area contributed by atoms with Crippen molar-refractivity contribution in [2.24, 2.45) is 0 Å². The second-order valence-electron chi connectivity index (χ2n) is 4.31. The highest BCUT2D eigenvalue weighted by Crippen LogP contribution is 2.35. The molecule has 0 unspecified atom stereocenters. The topological polar surface area (TPSA) is 75.6 Å². The average molecular weight is 429 g/mol. The number of halogens is 2. The number of aromatic hydroxyl groups is 1. The predicted molar refractivity (Wildman–Crippen MR) is 89.2 cm³/mol. The van der Waals surface area contributed by atoms with Crippen molar-refractivity contribution in [3.05, 3.63) is 56.5 Å². The summed E-state index contributed by atoms with van der Waals surface area (Å²) >= 11 is 6.39. The monoisotopic (exact) mass is 427 g/mol. The SMILES string of the molecule is COC(=O)c1ccc(C(=O)Nc2cc(Br)c(O)c(Br)c2)cc1. The summed E-state index contributed by atoms with van der Waals surface area (Å²) in [6, 6.07) is 9.27. The molecule has 1 amide bonds. The second-order valence-corrected chi connectivity index (χ2v) is 6.02. The lowest BCUT2D eigenvalue weighted by molar-refractivity contribution is 0.0600. The van der Waals surface area contributed by atoms with Gasteiger partial charge in [0.05, 0.1) is 21.6 Å². The largest absolute Gasteiger partial charge is 0.506 e. The van der Waals surface area contributed by atoms with Crippen LogP contribution in [-0.4, -0.2) is 24.1 Å². The number of benzene rings is 2.